The fourth-order valence-electron chi connectivity index (χ4n) is 8.35. The summed E-state index contributed by atoms with van der Waals surface area (Å²) in [7, 11) is 0. The topological polar surface area (TPSA) is 0 Å². The smallest absolute Gasteiger partial charge is 0.0374 e. The molecule has 1 fully saturated rings. The van der Waals surface area contributed by atoms with E-state index in [0.29, 0.717) is 0 Å². The van der Waals surface area contributed by atoms with Crippen LogP contribution in [-0.4, -0.2) is 0 Å². The first-order chi connectivity index (χ1) is 24.8. The van der Waals surface area contributed by atoms with Crippen molar-refractivity contribution in [3.63, 3.8) is 0 Å². The SMILES string of the molecule is C(=C(c1ccccc1)c1ccccc1)[C@@H]1C(c2ccccc2)(c2ccccc2)[C@@]1(C=C(c1ccccc1)c1ccccc1)Cc1ccccc1. The Bertz CT molecular complexity index is 2060. The zero-order chi connectivity index (χ0) is 33.6. The van der Waals surface area contributed by atoms with Crippen LogP contribution in [0.4, 0.5) is 0 Å². The largest absolute Gasteiger partial charge is 0.0708 e. The molecule has 0 heteroatoms. The number of rotatable bonds is 10. The number of benzene rings is 7. The summed E-state index contributed by atoms with van der Waals surface area (Å²) in [5, 5.41) is 0. The second-order valence-corrected chi connectivity index (χ2v) is 13.3. The average molecular weight is 641 g/mol. The van der Waals surface area contributed by atoms with Gasteiger partial charge in [-0.25, -0.2) is 0 Å². The Kier molecular flexibility index (Phi) is 8.68. The van der Waals surface area contributed by atoms with Gasteiger partial charge in [0.05, 0.1) is 0 Å². The van der Waals surface area contributed by atoms with Crippen LogP contribution in [0.2, 0.25) is 0 Å². The Balaban J connectivity index is 1.50. The molecule has 7 aromatic carbocycles. The van der Waals surface area contributed by atoms with Crippen molar-refractivity contribution in [2.75, 3.05) is 0 Å². The van der Waals surface area contributed by atoms with E-state index >= 15 is 0 Å². The van der Waals surface area contributed by atoms with Crippen molar-refractivity contribution in [2.45, 2.75) is 11.8 Å². The third-order valence-corrected chi connectivity index (χ3v) is 10.5. The van der Waals surface area contributed by atoms with Crippen molar-refractivity contribution < 1.29 is 0 Å². The van der Waals surface area contributed by atoms with Gasteiger partial charge in [-0.05, 0) is 56.5 Å². The average Bonchev–Trinajstić information content (AvgIpc) is 3.77. The van der Waals surface area contributed by atoms with E-state index < -0.39 is 0 Å². The van der Waals surface area contributed by atoms with Crippen LogP contribution < -0.4 is 0 Å². The fraction of sp³-hybridized carbons (Fsp3) is 0.0800. The monoisotopic (exact) mass is 640 g/mol. The number of hydrogen-bond donors (Lipinski definition) is 0. The lowest BCUT2D eigenvalue weighted by molar-refractivity contribution is 0.550. The van der Waals surface area contributed by atoms with Gasteiger partial charge in [-0.1, -0.05) is 224 Å². The molecule has 1 saturated carbocycles. The molecule has 0 radical (unpaired) electrons. The summed E-state index contributed by atoms with van der Waals surface area (Å²) in [5.41, 5.74) is 10.7. The van der Waals surface area contributed by atoms with Gasteiger partial charge in [0.1, 0.15) is 0 Å². The quantitative estimate of drug-likeness (QED) is 0.140. The van der Waals surface area contributed by atoms with E-state index in [-0.39, 0.29) is 16.7 Å². The molecule has 0 amide bonds. The van der Waals surface area contributed by atoms with Gasteiger partial charge in [-0.3, -0.25) is 0 Å². The maximum absolute atomic E-state index is 2.65. The van der Waals surface area contributed by atoms with Gasteiger partial charge < -0.3 is 0 Å². The normalized spacial score (nSPS) is 17.3. The Labute approximate surface area is 296 Å². The predicted octanol–water partition coefficient (Wildman–Crippen LogP) is 12.1. The van der Waals surface area contributed by atoms with E-state index in [0.717, 1.165) is 6.42 Å². The highest BCUT2D eigenvalue weighted by Gasteiger charge is 2.75. The van der Waals surface area contributed by atoms with Gasteiger partial charge in [0.15, 0.2) is 0 Å². The van der Waals surface area contributed by atoms with Crippen LogP contribution >= 0.6 is 0 Å². The van der Waals surface area contributed by atoms with Gasteiger partial charge in [0.25, 0.3) is 0 Å². The van der Waals surface area contributed by atoms with Crippen LogP contribution in [0.3, 0.4) is 0 Å². The molecule has 0 nitrogen and oxygen atoms in total. The van der Waals surface area contributed by atoms with Gasteiger partial charge in [-0.15, -0.1) is 0 Å². The van der Waals surface area contributed by atoms with Gasteiger partial charge in [0, 0.05) is 16.7 Å². The zero-order valence-corrected chi connectivity index (χ0v) is 28.1. The lowest BCUT2D eigenvalue weighted by Crippen LogP contribution is -2.22. The lowest BCUT2D eigenvalue weighted by Gasteiger charge is -2.27. The summed E-state index contributed by atoms with van der Waals surface area (Å²) < 4.78 is 0. The minimum atomic E-state index is -0.352. The van der Waals surface area contributed by atoms with Crippen LogP contribution in [0, 0.1) is 11.3 Å². The molecule has 0 aliphatic heterocycles. The first-order valence-corrected chi connectivity index (χ1v) is 17.6. The number of hydrogen-bond acceptors (Lipinski definition) is 0. The maximum atomic E-state index is 2.65. The molecule has 240 valence electrons. The second kappa shape index (κ2) is 13.9. The summed E-state index contributed by atoms with van der Waals surface area (Å²) >= 11 is 0. The molecule has 7 aromatic rings. The van der Waals surface area contributed by atoms with Crippen molar-refractivity contribution in [1.29, 1.82) is 0 Å². The Morgan fingerprint density at radius 2 is 0.700 bits per heavy atom. The molecule has 0 aromatic heterocycles. The molecule has 0 bridgehead atoms. The first kappa shape index (κ1) is 31.3. The van der Waals surface area contributed by atoms with Crippen molar-refractivity contribution in [3.05, 3.63) is 263 Å². The van der Waals surface area contributed by atoms with Crippen molar-refractivity contribution in [3.8, 4) is 0 Å². The summed E-state index contributed by atoms with van der Waals surface area (Å²) in [5.74, 6) is 0.123. The molecule has 8 rings (SSSR count). The minimum absolute atomic E-state index is 0.123. The van der Waals surface area contributed by atoms with E-state index in [1.165, 1.54) is 50.1 Å². The molecule has 0 spiro atoms. The molecular formula is C50H40. The summed E-state index contributed by atoms with van der Waals surface area (Å²) in [4.78, 5) is 0. The standard InChI is InChI=1S/C50H40/c1-8-22-39(23-9-1)37-49(38-47(42-28-14-4-15-29-42)43-30-16-5-17-31-43)48(36-46(40-24-10-2-11-25-40)41-26-12-3-13-27-41)50(49,44-32-18-6-19-33-44)45-34-20-7-21-35-45/h1-36,38,48H,37H2/t48-,49+/m0/s1. The Hall–Kier alpha value is -5.98. The van der Waals surface area contributed by atoms with Crippen molar-refractivity contribution >= 4 is 11.1 Å². The minimum Gasteiger partial charge on any atom is -0.0708 e. The molecule has 2 atom stereocenters. The molecule has 0 N–H and O–H groups in total. The van der Waals surface area contributed by atoms with Crippen molar-refractivity contribution in [1.82, 2.24) is 0 Å². The third kappa shape index (κ3) is 5.74. The van der Waals surface area contributed by atoms with E-state index in [1.807, 2.05) is 0 Å². The first-order valence-electron chi connectivity index (χ1n) is 17.6. The molecular weight excluding hydrogens is 601 g/mol. The van der Waals surface area contributed by atoms with Crippen LogP contribution in [0.25, 0.3) is 11.1 Å². The molecule has 1 aliphatic rings. The van der Waals surface area contributed by atoms with Gasteiger partial charge in [0.2, 0.25) is 0 Å². The predicted molar refractivity (Wildman–Crippen MR) is 210 cm³/mol. The highest BCUT2D eigenvalue weighted by Crippen LogP contribution is 2.76. The molecule has 0 saturated heterocycles. The Morgan fingerprint density at radius 1 is 0.380 bits per heavy atom. The fourth-order valence-corrected chi connectivity index (χ4v) is 8.35. The third-order valence-electron chi connectivity index (χ3n) is 10.5. The molecule has 0 heterocycles. The van der Waals surface area contributed by atoms with Crippen LogP contribution in [-0.2, 0) is 11.8 Å². The van der Waals surface area contributed by atoms with Crippen LogP contribution in [0.15, 0.2) is 224 Å². The second-order valence-electron chi connectivity index (χ2n) is 13.3. The lowest BCUT2D eigenvalue weighted by atomic mass is 9.76. The van der Waals surface area contributed by atoms with Crippen LogP contribution in [0.1, 0.15) is 38.9 Å². The Morgan fingerprint density at radius 3 is 1.08 bits per heavy atom. The highest BCUT2D eigenvalue weighted by atomic mass is 14.8. The maximum Gasteiger partial charge on any atom is 0.0374 e. The van der Waals surface area contributed by atoms with Crippen LogP contribution in [0.5, 0.6) is 0 Å². The summed E-state index contributed by atoms with van der Waals surface area (Å²) in [6, 6.07) is 77.3. The summed E-state index contributed by atoms with van der Waals surface area (Å²) in [6.45, 7) is 0. The van der Waals surface area contributed by atoms with E-state index in [4.69, 9.17) is 0 Å². The zero-order valence-electron chi connectivity index (χ0n) is 28.1. The highest BCUT2D eigenvalue weighted by molar-refractivity contribution is 5.84. The molecule has 1 aliphatic carbocycles. The number of allylic oxidation sites excluding steroid dienone is 2. The molecule has 50 heavy (non-hydrogen) atoms. The van der Waals surface area contributed by atoms with E-state index in [2.05, 4.69) is 224 Å². The van der Waals surface area contributed by atoms with Crippen molar-refractivity contribution in [2.24, 2.45) is 11.3 Å². The van der Waals surface area contributed by atoms with E-state index in [9.17, 15) is 0 Å². The van der Waals surface area contributed by atoms with Gasteiger partial charge in [-0.2, -0.15) is 0 Å². The van der Waals surface area contributed by atoms with Gasteiger partial charge >= 0.3 is 0 Å². The van der Waals surface area contributed by atoms with E-state index in [1.54, 1.807) is 0 Å². The molecule has 0 unspecified atom stereocenters. The summed E-state index contributed by atoms with van der Waals surface area (Å²) in [6.07, 6.45) is 6.13.